The molecule has 0 fully saturated rings. The van der Waals surface area contributed by atoms with E-state index < -0.39 is 0 Å². The van der Waals surface area contributed by atoms with Crippen LogP contribution in [-0.4, -0.2) is 30.4 Å². The van der Waals surface area contributed by atoms with Crippen LogP contribution in [0.25, 0.3) is 0 Å². The summed E-state index contributed by atoms with van der Waals surface area (Å²) in [6.45, 7) is 7.68. The van der Waals surface area contributed by atoms with E-state index in [0.29, 0.717) is 6.54 Å². The van der Waals surface area contributed by atoms with Crippen LogP contribution in [0.1, 0.15) is 31.4 Å². The minimum atomic E-state index is -0.0750. The smallest absolute Gasteiger partial charge is 0.237 e. The molecule has 18 heavy (non-hydrogen) atoms. The van der Waals surface area contributed by atoms with Crippen molar-refractivity contribution < 1.29 is 4.79 Å². The fraction of sp³-hybridized carbons (Fsp3) is 0.533. The molecular formula is C15H24N2O. The maximum absolute atomic E-state index is 12.0. The summed E-state index contributed by atoms with van der Waals surface area (Å²) in [6, 6.07) is 8.05. The fourth-order valence-electron chi connectivity index (χ4n) is 1.88. The zero-order valence-electron chi connectivity index (χ0n) is 11.9. The molecular weight excluding hydrogens is 224 g/mol. The van der Waals surface area contributed by atoms with Gasteiger partial charge in [0.25, 0.3) is 0 Å². The molecule has 0 aliphatic carbocycles. The highest BCUT2D eigenvalue weighted by Crippen LogP contribution is 2.06. The van der Waals surface area contributed by atoms with Crippen LogP contribution in [0.2, 0.25) is 0 Å². The Labute approximate surface area is 110 Å². The molecule has 0 unspecified atom stereocenters. The summed E-state index contributed by atoms with van der Waals surface area (Å²) < 4.78 is 0. The lowest BCUT2D eigenvalue weighted by molar-refractivity contribution is -0.125. The molecule has 1 rings (SSSR count). The Hall–Kier alpha value is -1.35. The van der Waals surface area contributed by atoms with Crippen LogP contribution < -0.4 is 5.32 Å². The van der Waals surface area contributed by atoms with E-state index in [9.17, 15) is 4.79 Å². The number of nitrogens with one attached hydrogen (secondary N) is 1. The van der Waals surface area contributed by atoms with E-state index in [2.05, 4.69) is 36.2 Å². The number of carbonyl (C=O) groups is 1. The molecule has 0 spiro atoms. The van der Waals surface area contributed by atoms with Crippen LogP contribution in [-0.2, 0) is 11.3 Å². The molecule has 0 aromatic heterocycles. The molecule has 0 heterocycles. The lowest BCUT2D eigenvalue weighted by Crippen LogP contribution is -2.43. The lowest BCUT2D eigenvalue weighted by atomic mass is 10.1. The minimum absolute atomic E-state index is 0.0750. The van der Waals surface area contributed by atoms with Gasteiger partial charge in [0.2, 0.25) is 5.91 Å². The molecule has 1 atom stereocenters. The van der Waals surface area contributed by atoms with Crippen LogP contribution in [0.15, 0.2) is 24.3 Å². The van der Waals surface area contributed by atoms with Crippen molar-refractivity contribution in [3.63, 3.8) is 0 Å². The molecule has 0 bridgehead atoms. The number of carbonyl (C=O) groups excluding carboxylic acids is 1. The van der Waals surface area contributed by atoms with E-state index in [0.717, 1.165) is 13.0 Å². The normalized spacial score (nSPS) is 12.5. The summed E-state index contributed by atoms with van der Waals surface area (Å²) in [5.74, 6) is 0.0919. The van der Waals surface area contributed by atoms with E-state index in [-0.39, 0.29) is 11.9 Å². The molecule has 1 aromatic carbocycles. The second kappa shape index (κ2) is 7.17. The van der Waals surface area contributed by atoms with Crippen molar-refractivity contribution in [2.24, 2.45) is 0 Å². The topological polar surface area (TPSA) is 32.3 Å². The van der Waals surface area contributed by atoms with Gasteiger partial charge in [0, 0.05) is 6.54 Å². The quantitative estimate of drug-likeness (QED) is 0.838. The Morgan fingerprint density at radius 3 is 2.67 bits per heavy atom. The second-order valence-corrected chi connectivity index (χ2v) is 4.80. The van der Waals surface area contributed by atoms with Crippen LogP contribution in [0, 0.1) is 6.92 Å². The van der Waals surface area contributed by atoms with Crippen LogP contribution in [0.5, 0.6) is 0 Å². The average molecular weight is 248 g/mol. The summed E-state index contributed by atoms with van der Waals surface area (Å²) >= 11 is 0. The van der Waals surface area contributed by atoms with E-state index in [1.54, 1.807) is 0 Å². The van der Waals surface area contributed by atoms with Gasteiger partial charge in [0.1, 0.15) is 0 Å². The third-order valence-corrected chi connectivity index (χ3v) is 3.33. The van der Waals surface area contributed by atoms with Crippen molar-refractivity contribution in [2.75, 3.05) is 13.6 Å². The summed E-state index contributed by atoms with van der Waals surface area (Å²) in [7, 11) is 1.99. The maximum atomic E-state index is 12.0. The number of likely N-dealkylation sites (N-methyl/N-ethyl adjacent to an activating group) is 1. The third kappa shape index (κ3) is 4.15. The van der Waals surface area contributed by atoms with Crippen LogP contribution in [0.4, 0.5) is 0 Å². The number of hydrogen-bond donors (Lipinski definition) is 1. The molecule has 1 aromatic rings. The van der Waals surface area contributed by atoms with Gasteiger partial charge >= 0.3 is 0 Å². The average Bonchev–Trinajstić information content (AvgIpc) is 2.36. The zero-order valence-corrected chi connectivity index (χ0v) is 11.9. The van der Waals surface area contributed by atoms with Gasteiger partial charge in [-0.05, 0) is 45.0 Å². The Kier molecular flexibility index (Phi) is 5.86. The van der Waals surface area contributed by atoms with Crippen molar-refractivity contribution in [1.29, 1.82) is 0 Å². The second-order valence-electron chi connectivity index (χ2n) is 4.80. The van der Waals surface area contributed by atoms with Crippen molar-refractivity contribution in [3.05, 3.63) is 35.4 Å². The maximum Gasteiger partial charge on any atom is 0.237 e. The van der Waals surface area contributed by atoms with Gasteiger partial charge in [-0.3, -0.25) is 9.69 Å². The van der Waals surface area contributed by atoms with E-state index >= 15 is 0 Å². The Bertz CT molecular complexity index is 390. The molecule has 0 aliphatic heterocycles. The summed E-state index contributed by atoms with van der Waals surface area (Å²) in [5.41, 5.74) is 2.39. The van der Waals surface area contributed by atoms with Gasteiger partial charge in [0.15, 0.2) is 0 Å². The van der Waals surface area contributed by atoms with Gasteiger partial charge in [-0.1, -0.05) is 31.2 Å². The van der Waals surface area contributed by atoms with Gasteiger partial charge in [-0.2, -0.15) is 0 Å². The fourth-order valence-corrected chi connectivity index (χ4v) is 1.88. The van der Waals surface area contributed by atoms with Gasteiger partial charge in [-0.15, -0.1) is 0 Å². The Morgan fingerprint density at radius 2 is 2.06 bits per heavy atom. The number of nitrogens with zero attached hydrogens (tertiary/aromatic N) is 1. The molecule has 1 amide bonds. The monoisotopic (exact) mass is 248 g/mol. The number of aryl methyl sites for hydroxylation is 1. The number of benzene rings is 1. The first-order chi connectivity index (χ1) is 8.56. The van der Waals surface area contributed by atoms with Crippen LogP contribution in [0.3, 0.4) is 0 Å². The summed E-state index contributed by atoms with van der Waals surface area (Å²) in [6.07, 6.45) is 1.06. The lowest BCUT2D eigenvalue weighted by Gasteiger charge is -2.23. The van der Waals surface area contributed by atoms with Gasteiger partial charge < -0.3 is 5.32 Å². The highest BCUT2D eigenvalue weighted by atomic mass is 16.2. The standard InChI is InChI=1S/C15H24N2O/c1-5-10-17(4)13(3)15(18)16-11-14-9-7-6-8-12(14)2/h6-9,13H,5,10-11H2,1-4H3,(H,16,18)/t13-/m0/s1. The molecule has 100 valence electrons. The largest absolute Gasteiger partial charge is 0.351 e. The van der Waals surface area contributed by atoms with E-state index in [1.165, 1.54) is 11.1 Å². The first-order valence-electron chi connectivity index (χ1n) is 6.58. The van der Waals surface area contributed by atoms with Gasteiger partial charge in [-0.25, -0.2) is 0 Å². The predicted molar refractivity (Wildman–Crippen MR) is 75.4 cm³/mol. The molecule has 0 saturated heterocycles. The number of rotatable bonds is 6. The zero-order chi connectivity index (χ0) is 13.5. The van der Waals surface area contributed by atoms with Crippen molar-refractivity contribution in [3.8, 4) is 0 Å². The predicted octanol–water partition coefficient (Wildman–Crippen LogP) is 2.34. The molecule has 0 saturated carbocycles. The van der Waals surface area contributed by atoms with E-state index in [1.807, 2.05) is 26.1 Å². The van der Waals surface area contributed by atoms with Crippen LogP contribution >= 0.6 is 0 Å². The minimum Gasteiger partial charge on any atom is -0.351 e. The molecule has 0 radical (unpaired) electrons. The third-order valence-electron chi connectivity index (χ3n) is 3.33. The Balaban J connectivity index is 2.48. The van der Waals surface area contributed by atoms with Crippen molar-refractivity contribution in [2.45, 2.75) is 39.8 Å². The van der Waals surface area contributed by atoms with Gasteiger partial charge in [0.05, 0.1) is 6.04 Å². The molecule has 3 nitrogen and oxygen atoms in total. The molecule has 3 heteroatoms. The Morgan fingerprint density at radius 1 is 1.39 bits per heavy atom. The van der Waals surface area contributed by atoms with Crippen molar-refractivity contribution >= 4 is 5.91 Å². The molecule has 0 aliphatic rings. The first kappa shape index (κ1) is 14.7. The first-order valence-corrected chi connectivity index (χ1v) is 6.58. The van der Waals surface area contributed by atoms with Crippen molar-refractivity contribution in [1.82, 2.24) is 10.2 Å². The molecule has 1 N–H and O–H groups in total. The highest BCUT2D eigenvalue weighted by molar-refractivity contribution is 5.81. The summed E-state index contributed by atoms with van der Waals surface area (Å²) in [5, 5.41) is 3.00. The SMILES string of the molecule is CCCN(C)[C@@H](C)C(=O)NCc1ccccc1C. The number of amides is 1. The van der Waals surface area contributed by atoms with E-state index in [4.69, 9.17) is 0 Å². The number of hydrogen-bond acceptors (Lipinski definition) is 2. The summed E-state index contributed by atoms with van der Waals surface area (Å²) in [4.78, 5) is 14.1. The highest BCUT2D eigenvalue weighted by Gasteiger charge is 2.16.